The van der Waals surface area contributed by atoms with Crippen LogP contribution in [0.25, 0.3) is 21.6 Å². The Kier molecular flexibility index (Phi) is 30.2. The summed E-state index contributed by atoms with van der Waals surface area (Å²) in [5.41, 5.74) is 9.30. The van der Waals surface area contributed by atoms with Crippen LogP contribution in [0.15, 0.2) is 115 Å². The highest BCUT2D eigenvalue weighted by Crippen LogP contribution is 2.50. The summed E-state index contributed by atoms with van der Waals surface area (Å²) >= 11 is 15.9. The lowest BCUT2D eigenvalue weighted by atomic mass is 9.86. The van der Waals surface area contributed by atoms with Crippen molar-refractivity contribution in [2.75, 3.05) is 20.2 Å². The van der Waals surface area contributed by atoms with Crippen LogP contribution in [-0.2, 0) is 68.6 Å². The Morgan fingerprint density at radius 3 is 1.97 bits per heavy atom. The monoisotopic (exact) mass is 1810 g/mol. The van der Waals surface area contributed by atoms with Crippen molar-refractivity contribution < 1.29 is 142 Å². The van der Waals surface area contributed by atoms with Crippen LogP contribution < -0.4 is 68.2 Å². The minimum absolute atomic E-state index is 0.00187. The maximum Gasteiger partial charge on any atom is 0.330 e. The Bertz CT molecular complexity index is 5180. The maximum atomic E-state index is 16.0. The molecule has 0 aliphatic carbocycles. The minimum atomic E-state index is -2.37. The number of hydrogen-bond donors (Lipinski definition) is 22. The van der Waals surface area contributed by atoms with Crippen LogP contribution in [0.4, 0.5) is 4.39 Å². The van der Waals surface area contributed by atoms with Gasteiger partial charge in [-0.1, -0.05) is 67.4 Å². The highest BCUT2D eigenvalue weighted by molar-refractivity contribution is 7.15. The van der Waals surface area contributed by atoms with Gasteiger partial charge in [0.25, 0.3) is 0 Å². The van der Waals surface area contributed by atoms with E-state index in [2.05, 4.69) is 42.5 Å². The van der Waals surface area contributed by atoms with Crippen molar-refractivity contribution in [1.82, 2.24) is 42.5 Å². The number of phenolic OH excluding ortho intramolecular Hbond substituents is 3. The highest BCUT2D eigenvalue weighted by atomic mass is 35.5. The molecule has 38 nitrogen and oxygen atoms in total. The number of fused-ring (bicyclic) bond motifs is 16. The van der Waals surface area contributed by atoms with E-state index in [1.54, 1.807) is 12.1 Å². The second-order valence-electron chi connectivity index (χ2n) is 31.8. The number of phenols is 3. The van der Waals surface area contributed by atoms with E-state index in [9.17, 15) is 89.6 Å². The van der Waals surface area contributed by atoms with Crippen molar-refractivity contribution in [1.29, 1.82) is 0 Å². The molecule has 5 unspecified atom stereocenters. The van der Waals surface area contributed by atoms with Gasteiger partial charge in [0.2, 0.25) is 53.9 Å². The predicted molar refractivity (Wildman–Crippen MR) is 443 cm³/mol. The van der Waals surface area contributed by atoms with Crippen molar-refractivity contribution in [3.63, 3.8) is 0 Å². The summed E-state index contributed by atoms with van der Waals surface area (Å²) in [7, 11) is 1.47. The highest BCUT2D eigenvalue weighted by Gasteiger charge is 2.53. The summed E-state index contributed by atoms with van der Waals surface area (Å²) in [5.74, 6) is -15.0. The number of aliphatic hydroxyl groups excluding tert-OH is 8. The average molecular weight is 1820 g/mol. The molecule has 0 spiro atoms. The number of primary amides is 1. The number of amides is 7. The number of nitrogens with two attached hydrogens (primary N) is 2. The Morgan fingerprint density at radius 2 is 1.34 bits per heavy atom. The molecule has 6 aromatic carbocycles. The molecular formula is C84H97Cl2FN10O28S. The third kappa shape index (κ3) is 21.3. The lowest BCUT2D eigenvalue weighted by Crippen LogP contribution is -2.65. The van der Waals surface area contributed by atoms with E-state index in [0.29, 0.717) is 0 Å². The number of carbonyl (C=O) groups excluding carboxylic acids is 7. The van der Waals surface area contributed by atoms with Crippen molar-refractivity contribution in [3.8, 4) is 67.6 Å². The van der Waals surface area contributed by atoms with E-state index in [-0.39, 0.29) is 54.9 Å². The number of aliphatic carboxylic acids is 1. The van der Waals surface area contributed by atoms with Gasteiger partial charge in [0, 0.05) is 57.6 Å². The number of rotatable bonds is 22. The van der Waals surface area contributed by atoms with Gasteiger partial charge in [0.1, 0.15) is 120 Å². The number of carboxylic acid groups (broad SMARTS) is 1. The van der Waals surface area contributed by atoms with Crippen LogP contribution in [0.3, 0.4) is 0 Å². The fourth-order valence-corrected chi connectivity index (χ4v) is 16.8. The number of likely N-dealkylation sites (N-methyl/N-ethyl adjacent to an activating group) is 1. The molecule has 7 amide bonds. The molecule has 678 valence electrons. The summed E-state index contributed by atoms with van der Waals surface area (Å²) in [6.07, 6.45) is -28.8. The molecule has 7 aromatic rings. The van der Waals surface area contributed by atoms with Gasteiger partial charge < -0.3 is 153 Å². The molecule has 9 bridgehead atoms. The van der Waals surface area contributed by atoms with Crippen LogP contribution in [0.5, 0.6) is 46.0 Å². The Hall–Kier alpha value is -10.6. The number of hydrogen-bond acceptors (Lipinski definition) is 31. The van der Waals surface area contributed by atoms with Gasteiger partial charge in [-0.2, -0.15) is 0 Å². The number of nitrogens with one attached hydrogen (secondary N) is 8. The topological polar surface area (TPSA) is 601 Å². The second kappa shape index (κ2) is 40.2. The third-order valence-corrected chi connectivity index (χ3v) is 23.8. The first-order valence-corrected chi connectivity index (χ1v) is 41.4. The van der Waals surface area contributed by atoms with Crippen LogP contribution in [0.1, 0.15) is 117 Å². The summed E-state index contributed by atoms with van der Waals surface area (Å²) in [4.78, 5) is 117. The number of ether oxygens (including phenoxy) is 8. The molecule has 0 radical (unpaired) electrons. The van der Waals surface area contributed by atoms with Crippen molar-refractivity contribution in [2.45, 2.75) is 200 Å². The molecule has 1 aromatic heterocycles. The van der Waals surface area contributed by atoms with Gasteiger partial charge in [-0.05, 0) is 147 Å². The summed E-state index contributed by atoms with van der Waals surface area (Å²) < 4.78 is 64.8. The predicted octanol–water partition coefficient (Wildman–Crippen LogP) is 2.23. The van der Waals surface area contributed by atoms with Crippen LogP contribution in [0, 0.1) is 11.7 Å². The quantitative estimate of drug-likeness (QED) is 0.0433. The van der Waals surface area contributed by atoms with E-state index >= 15 is 14.4 Å². The van der Waals surface area contributed by atoms with Crippen LogP contribution in [-0.4, -0.2) is 239 Å². The lowest BCUT2D eigenvalue weighted by molar-refractivity contribution is -0.350. The zero-order chi connectivity index (χ0) is 91.4. The molecule has 0 saturated carbocycles. The van der Waals surface area contributed by atoms with E-state index in [0.717, 1.165) is 76.0 Å². The van der Waals surface area contributed by atoms with Gasteiger partial charge in [-0.3, -0.25) is 33.6 Å². The number of aromatic hydroxyl groups is 3. The molecule has 23 atom stereocenters. The molecular weight excluding hydrogens is 1720 g/mol. The van der Waals surface area contributed by atoms with Crippen molar-refractivity contribution >= 4 is 82.4 Å². The zero-order valence-corrected chi connectivity index (χ0v) is 70.5. The normalized spacial score (nSPS) is 29.3. The van der Waals surface area contributed by atoms with Crippen LogP contribution in [0.2, 0.25) is 10.0 Å². The van der Waals surface area contributed by atoms with Crippen molar-refractivity contribution in [2.24, 2.45) is 17.4 Å². The molecule has 3 saturated heterocycles. The number of aliphatic hydroxyl groups is 8. The number of benzene rings is 6. The molecule has 14 rings (SSSR count). The SMILES string of the molecule is CN[C@H](CC(C)C)C(=O)NC1C(=O)NC(CC(N)=O)C(=O)N[C@H]2C(=O)NC(C)c3ccc(O)c(c3)-c3c(O)cc(O)cc3C(C(=O)O)NC(=O)[C@@H](NC=O)[C@H](OC3C[C@](C)(N)[C@@H](O)[C@H](C)O3)c3ccc(c(Cl)c3)Oc3cc2cc(c3O[C@@H]2O[C@H](CO)[C@@H](O[C@@H]3O[C@H](CNCc4ccc(-c5ccc(F)cc5)s4)[C@H](O)[C@H](O)[C@H]3O)[C@H](O)[C@H]2O)Oc2ccc(cc2Cl)[C@H]1O. The molecule has 7 aliphatic heterocycles. The fraction of sp³-hybridized carbons (Fsp3) is 0.429. The maximum absolute atomic E-state index is 16.0. The van der Waals surface area contributed by atoms with E-state index < -0.39 is 279 Å². The lowest BCUT2D eigenvalue weighted by Gasteiger charge is -2.46. The largest absolute Gasteiger partial charge is 0.508 e. The van der Waals surface area contributed by atoms with Gasteiger partial charge in [-0.25, -0.2) is 9.18 Å². The molecule has 8 heterocycles. The number of thiophene rings is 1. The first kappa shape index (κ1) is 94.6. The smallest absolute Gasteiger partial charge is 0.330 e. The Balaban J connectivity index is 1.02. The summed E-state index contributed by atoms with van der Waals surface area (Å²) in [5, 5.41) is 159. The Labute approximate surface area is 732 Å². The molecule has 126 heavy (non-hydrogen) atoms. The summed E-state index contributed by atoms with van der Waals surface area (Å²) in [6, 6.07) is 10.4. The van der Waals surface area contributed by atoms with Gasteiger partial charge in [-0.15, -0.1) is 11.3 Å². The van der Waals surface area contributed by atoms with Gasteiger partial charge >= 0.3 is 5.97 Å². The van der Waals surface area contributed by atoms with E-state index in [1.807, 2.05) is 26.0 Å². The van der Waals surface area contributed by atoms with Crippen LogP contribution >= 0.6 is 34.5 Å². The average Bonchev–Trinajstić information content (AvgIpc) is 0.842. The number of carboxylic acids is 1. The van der Waals surface area contributed by atoms with Crippen molar-refractivity contribution in [3.05, 3.63) is 164 Å². The van der Waals surface area contributed by atoms with E-state index in [1.165, 1.54) is 69.5 Å². The minimum Gasteiger partial charge on any atom is -0.508 e. The second-order valence-corrected chi connectivity index (χ2v) is 33.8. The van der Waals surface area contributed by atoms with Gasteiger partial charge in [0.05, 0.1) is 47.4 Å². The standard InChI is InChI=1S/C84H97Cl2FN10O28S/c1-33(2)19-48(90-6)76(111)97-64-66(104)38-10-16-52(46(85)21-38)119-54-23-40-24-55(73(54)124-83-71(109)69(107)74(57(31-98)122-83)125-82-70(108)68(106)67(105)56(121-82)30-91-29-43-14-18-58(126-43)36-7-12-41(87)13-8-36)120-53-17-11-39(22-47(53)86)72(123-60-28-84(5,89)75(110)35(4)118-60)65(92-32-99)80(115)96-63(81(116)117)45-25-42(100)26-51(102)61(45)44-20-37(9-15-50(44)101)34(3)93-78(113)62(40)95-77(112)49(27-59(88)103)94-79(64)114/h7-18,20-26,32-35,48-49,56-57,60,62-72,74-75,82-83,90-91,98,100-102,104-110H,19,27-31,89H2,1-6H3,(H2,88,103)(H,92,99)(H,93,113)(H,94,114)(H,95,112)(H,96,115)(H,97,111)(H,116,117)/t34?,35-,48+,49?,56+,57+,60?,62+,63?,64?,65-,66+,67-,68-,69+,70+,71+,72+,74+,75-,82-,83-,84-/m0/s1. The molecule has 24 N–H and O–H groups in total. The summed E-state index contributed by atoms with van der Waals surface area (Å²) in [6.45, 7) is 6.81. The zero-order valence-electron chi connectivity index (χ0n) is 68.2. The van der Waals surface area contributed by atoms with E-state index in [4.69, 9.17) is 72.6 Å². The molecule has 7 aliphatic rings. The number of carbonyl (C=O) groups is 8. The van der Waals surface area contributed by atoms with Gasteiger partial charge in [0.15, 0.2) is 30.1 Å². The first-order valence-electron chi connectivity index (χ1n) is 39.8. The Morgan fingerprint density at radius 1 is 0.698 bits per heavy atom. The molecule has 3 fully saturated rings. The first-order chi connectivity index (χ1) is 59.7. The third-order valence-electron chi connectivity index (χ3n) is 22.1. The number of halogens is 3. The fourth-order valence-electron chi connectivity index (χ4n) is 15.4. The molecule has 42 heteroatoms.